The molecule has 13 heavy (non-hydrogen) atoms. The van der Waals surface area contributed by atoms with E-state index in [2.05, 4.69) is 15.0 Å². The van der Waals surface area contributed by atoms with E-state index >= 15 is 0 Å². The van der Waals surface area contributed by atoms with E-state index in [0.29, 0.717) is 16.2 Å². The van der Waals surface area contributed by atoms with Crippen molar-refractivity contribution in [2.24, 2.45) is 0 Å². The number of aromatic nitrogens is 3. The topological polar surface area (TPSA) is 84.7 Å². The predicted octanol–water partition coefficient (Wildman–Crippen LogP) is 0.554. The van der Waals surface area contributed by atoms with E-state index in [1.165, 1.54) is 0 Å². The molecule has 6 heteroatoms. The van der Waals surface area contributed by atoms with Crippen LogP contribution in [-0.2, 0) is 0 Å². The molecule has 0 bridgehead atoms. The minimum absolute atomic E-state index is 0.0845. The Kier molecular flexibility index (Phi) is 1.66. The van der Waals surface area contributed by atoms with Crippen LogP contribution in [-0.4, -0.2) is 15.0 Å². The van der Waals surface area contributed by atoms with Gasteiger partial charge in [0, 0.05) is 0 Å². The van der Waals surface area contributed by atoms with Gasteiger partial charge in [0.05, 0.1) is 5.52 Å². The highest BCUT2D eigenvalue weighted by Gasteiger charge is 2.02. The van der Waals surface area contributed by atoms with Crippen LogP contribution in [0.3, 0.4) is 0 Å². The minimum atomic E-state index is -0.492. The molecule has 3 N–H and O–H groups in total. The lowest BCUT2D eigenvalue weighted by Crippen LogP contribution is -2.13. The summed E-state index contributed by atoms with van der Waals surface area (Å²) in [5.41, 5.74) is 5.92. The molecule has 2 aromatic rings. The molecule has 2 heterocycles. The van der Waals surface area contributed by atoms with Gasteiger partial charge in [-0.1, -0.05) is 11.6 Å². The molecule has 0 unspecified atom stereocenters. The van der Waals surface area contributed by atoms with Gasteiger partial charge in [0.1, 0.15) is 10.7 Å². The summed E-state index contributed by atoms with van der Waals surface area (Å²) in [6.45, 7) is 0. The van der Waals surface area contributed by atoms with Crippen LogP contribution in [0.2, 0.25) is 5.15 Å². The third-order valence-electron chi connectivity index (χ3n) is 1.57. The maximum atomic E-state index is 10.9. The summed E-state index contributed by atoms with van der Waals surface area (Å²) in [5, 5.41) is 0.313. The maximum absolute atomic E-state index is 10.9. The normalized spacial score (nSPS) is 10.5. The Bertz CT molecular complexity index is 521. The Balaban J connectivity index is 2.95. The molecule has 2 rings (SSSR count). The van der Waals surface area contributed by atoms with Crippen molar-refractivity contribution >= 4 is 28.5 Å². The van der Waals surface area contributed by atoms with E-state index in [4.69, 9.17) is 17.3 Å². The van der Waals surface area contributed by atoms with E-state index in [0.717, 1.165) is 0 Å². The number of nitrogens with two attached hydrogens (primary N) is 1. The van der Waals surface area contributed by atoms with Gasteiger partial charge in [0.2, 0.25) is 0 Å². The number of hydrogen-bond acceptors (Lipinski definition) is 4. The van der Waals surface area contributed by atoms with Gasteiger partial charge in [-0.05, 0) is 12.1 Å². The van der Waals surface area contributed by atoms with Crippen molar-refractivity contribution < 1.29 is 0 Å². The summed E-state index contributed by atoms with van der Waals surface area (Å²) in [6, 6.07) is 3.20. The average molecular weight is 197 g/mol. The zero-order valence-electron chi connectivity index (χ0n) is 6.41. The molecule has 0 aliphatic carbocycles. The van der Waals surface area contributed by atoms with Crippen molar-refractivity contribution in [1.82, 2.24) is 15.0 Å². The number of pyridine rings is 1. The van der Waals surface area contributed by atoms with Gasteiger partial charge in [-0.25, -0.2) is 9.78 Å². The molecule has 66 valence electrons. The first-order valence-electron chi connectivity index (χ1n) is 3.49. The molecule has 0 amide bonds. The van der Waals surface area contributed by atoms with Crippen molar-refractivity contribution in [2.75, 3.05) is 5.73 Å². The van der Waals surface area contributed by atoms with Gasteiger partial charge < -0.3 is 10.7 Å². The fourth-order valence-electron chi connectivity index (χ4n) is 1.04. The molecule has 2 aromatic heterocycles. The van der Waals surface area contributed by atoms with Crippen molar-refractivity contribution in [3.63, 3.8) is 0 Å². The number of H-pyrrole nitrogens is 1. The lowest BCUT2D eigenvalue weighted by atomic mass is 10.3. The standard InChI is InChI=1S/C7H5ClN4O/c8-4-2-1-3-5(11-4)6(9)12-7(13)10-3/h1-2H,(H3,9,10,12,13). The molecule has 0 spiro atoms. The molecular weight excluding hydrogens is 192 g/mol. The third kappa shape index (κ3) is 1.33. The van der Waals surface area contributed by atoms with Crippen LogP contribution in [0.4, 0.5) is 5.82 Å². The number of rotatable bonds is 0. The molecule has 0 saturated heterocycles. The molecule has 0 aliphatic rings. The first-order chi connectivity index (χ1) is 6.16. The SMILES string of the molecule is Nc1nc(=O)[nH]c2ccc(Cl)nc12. The number of nitrogens with zero attached hydrogens (tertiary/aromatic N) is 2. The second kappa shape index (κ2) is 2.70. The van der Waals surface area contributed by atoms with Gasteiger partial charge in [-0.15, -0.1) is 0 Å². The lowest BCUT2D eigenvalue weighted by Gasteiger charge is -1.98. The number of hydrogen-bond donors (Lipinski definition) is 2. The van der Waals surface area contributed by atoms with E-state index in [1.807, 2.05) is 0 Å². The monoisotopic (exact) mass is 196 g/mol. The lowest BCUT2D eigenvalue weighted by molar-refractivity contribution is 1.11. The molecule has 5 nitrogen and oxygen atoms in total. The Hall–Kier alpha value is -1.62. The number of nitrogen functional groups attached to an aromatic ring is 1. The quantitative estimate of drug-likeness (QED) is 0.603. The average Bonchev–Trinajstić information content (AvgIpc) is 2.06. The highest BCUT2D eigenvalue weighted by molar-refractivity contribution is 6.29. The van der Waals surface area contributed by atoms with Crippen LogP contribution < -0.4 is 11.4 Å². The molecule has 0 radical (unpaired) electrons. The zero-order chi connectivity index (χ0) is 9.42. The van der Waals surface area contributed by atoms with Crippen LogP contribution >= 0.6 is 11.6 Å². The Morgan fingerprint density at radius 2 is 2.15 bits per heavy atom. The van der Waals surface area contributed by atoms with Crippen molar-refractivity contribution in [2.45, 2.75) is 0 Å². The Labute approximate surface area is 77.6 Å². The molecule has 0 aliphatic heterocycles. The van der Waals surface area contributed by atoms with Crippen LogP contribution in [0.5, 0.6) is 0 Å². The third-order valence-corrected chi connectivity index (χ3v) is 1.78. The van der Waals surface area contributed by atoms with Crippen LogP contribution in [0.25, 0.3) is 11.0 Å². The first kappa shape index (κ1) is 8.00. The van der Waals surface area contributed by atoms with Gasteiger partial charge in [0.15, 0.2) is 5.82 Å². The van der Waals surface area contributed by atoms with E-state index in [9.17, 15) is 4.79 Å². The number of nitrogens with one attached hydrogen (secondary N) is 1. The Morgan fingerprint density at radius 3 is 2.92 bits per heavy atom. The second-order valence-electron chi connectivity index (χ2n) is 2.46. The molecule has 0 aromatic carbocycles. The summed E-state index contributed by atoms with van der Waals surface area (Å²) in [5.74, 6) is 0.0845. The maximum Gasteiger partial charge on any atom is 0.347 e. The van der Waals surface area contributed by atoms with Gasteiger partial charge in [-0.2, -0.15) is 4.98 Å². The van der Waals surface area contributed by atoms with Crippen molar-refractivity contribution in [3.8, 4) is 0 Å². The molecular formula is C7H5ClN4O. The summed E-state index contributed by atoms with van der Waals surface area (Å²) in [7, 11) is 0. The van der Waals surface area contributed by atoms with Crippen LogP contribution in [0.1, 0.15) is 0 Å². The molecule has 0 saturated carbocycles. The summed E-state index contributed by atoms with van der Waals surface area (Å²) < 4.78 is 0. The van der Waals surface area contributed by atoms with E-state index in [-0.39, 0.29) is 5.82 Å². The summed E-state index contributed by atoms with van der Waals surface area (Å²) in [6.07, 6.45) is 0. The van der Waals surface area contributed by atoms with E-state index < -0.39 is 5.69 Å². The highest BCUT2D eigenvalue weighted by atomic mass is 35.5. The van der Waals surface area contributed by atoms with Crippen LogP contribution in [0, 0.1) is 0 Å². The number of fused-ring (bicyclic) bond motifs is 1. The van der Waals surface area contributed by atoms with Crippen LogP contribution in [0.15, 0.2) is 16.9 Å². The fraction of sp³-hybridized carbons (Fsp3) is 0. The Morgan fingerprint density at radius 1 is 1.38 bits per heavy atom. The second-order valence-corrected chi connectivity index (χ2v) is 2.84. The number of halogens is 1. The first-order valence-corrected chi connectivity index (χ1v) is 3.86. The van der Waals surface area contributed by atoms with Gasteiger partial charge >= 0.3 is 5.69 Å². The fourth-order valence-corrected chi connectivity index (χ4v) is 1.18. The van der Waals surface area contributed by atoms with Gasteiger partial charge in [0.25, 0.3) is 0 Å². The predicted molar refractivity (Wildman–Crippen MR) is 49.6 cm³/mol. The smallest absolute Gasteiger partial charge is 0.347 e. The zero-order valence-corrected chi connectivity index (χ0v) is 7.17. The summed E-state index contributed by atoms with van der Waals surface area (Å²) >= 11 is 5.64. The minimum Gasteiger partial charge on any atom is -0.382 e. The largest absolute Gasteiger partial charge is 0.382 e. The van der Waals surface area contributed by atoms with E-state index in [1.54, 1.807) is 12.1 Å². The highest BCUT2D eigenvalue weighted by Crippen LogP contribution is 2.15. The number of anilines is 1. The van der Waals surface area contributed by atoms with Crippen molar-refractivity contribution in [1.29, 1.82) is 0 Å². The summed E-state index contributed by atoms with van der Waals surface area (Å²) in [4.78, 5) is 20.8. The van der Waals surface area contributed by atoms with Gasteiger partial charge in [-0.3, -0.25) is 0 Å². The van der Waals surface area contributed by atoms with Crippen molar-refractivity contribution in [3.05, 3.63) is 27.8 Å². The molecule has 0 atom stereocenters. The molecule has 0 fully saturated rings. The number of aromatic amines is 1.